The highest BCUT2D eigenvalue weighted by Gasteiger charge is 2.28. The fourth-order valence-corrected chi connectivity index (χ4v) is 4.19. The Morgan fingerprint density at radius 2 is 2.04 bits per heavy atom. The molecule has 2 heterocycles. The summed E-state index contributed by atoms with van der Waals surface area (Å²) in [6, 6.07) is 18.5. The number of nitrogens with zero attached hydrogens (tertiary/aromatic N) is 2. The largest absolute Gasteiger partial charge is 0.368 e. The van der Waals surface area contributed by atoms with Gasteiger partial charge in [-0.2, -0.15) is 5.26 Å². The molecule has 2 aliphatic heterocycles. The summed E-state index contributed by atoms with van der Waals surface area (Å²) in [5, 5.41) is 12.0. The van der Waals surface area contributed by atoms with Gasteiger partial charge in [-0.05, 0) is 41.5 Å². The standard InChI is InChI=1S/C23H25N3O2/c24-13-11-17-7-4-8-19-16-26(14-12-21(17)19)23(27)25-15-20-9-10-22(28-20)18-5-2-1-3-6-18/h1-8,20,22H,9-12,14-16H2,(H,25,27)/t20-,22+/m1/s1. The maximum atomic E-state index is 12.6. The number of benzene rings is 2. The molecular formula is C23H25N3O2. The second-order valence-corrected chi connectivity index (χ2v) is 7.48. The SMILES string of the molecule is N#CCc1cccc2c1CCN(C(=O)NC[C@H]1CC[C@@H](c3ccccc3)O1)C2. The van der Waals surface area contributed by atoms with E-state index in [0.717, 1.165) is 30.4 Å². The first-order chi connectivity index (χ1) is 13.7. The third-order valence-electron chi connectivity index (χ3n) is 5.68. The van der Waals surface area contributed by atoms with Gasteiger partial charge in [0, 0.05) is 19.6 Å². The number of hydrogen-bond donors (Lipinski definition) is 1. The summed E-state index contributed by atoms with van der Waals surface area (Å²) in [7, 11) is 0. The van der Waals surface area contributed by atoms with E-state index in [0.29, 0.717) is 26.1 Å². The maximum absolute atomic E-state index is 12.6. The van der Waals surface area contributed by atoms with Gasteiger partial charge in [-0.3, -0.25) is 0 Å². The number of rotatable bonds is 4. The average molecular weight is 375 g/mol. The first kappa shape index (κ1) is 18.5. The highest BCUT2D eigenvalue weighted by Crippen LogP contribution is 2.32. The van der Waals surface area contributed by atoms with Gasteiger partial charge < -0.3 is 15.0 Å². The number of nitrogens with one attached hydrogen (secondary N) is 1. The minimum Gasteiger partial charge on any atom is -0.368 e. The summed E-state index contributed by atoms with van der Waals surface area (Å²) >= 11 is 0. The topological polar surface area (TPSA) is 65.4 Å². The zero-order chi connectivity index (χ0) is 19.3. The van der Waals surface area contributed by atoms with E-state index < -0.39 is 0 Å². The van der Waals surface area contributed by atoms with Crippen LogP contribution in [-0.2, 0) is 24.1 Å². The van der Waals surface area contributed by atoms with Crippen LogP contribution in [0.15, 0.2) is 48.5 Å². The van der Waals surface area contributed by atoms with Gasteiger partial charge in [-0.25, -0.2) is 4.79 Å². The Morgan fingerprint density at radius 3 is 2.86 bits per heavy atom. The van der Waals surface area contributed by atoms with Crippen LogP contribution in [0.5, 0.6) is 0 Å². The highest BCUT2D eigenvalue weighted by atomic mass is 16.5. The minimum absolute atomic E-state index is 0.0388. The molecule has 2 aromatic carbocycles. The fraction of sp³-hybridized carbons (Fsp3) is 0.391. The van der Waals surface area contributed by atoms with Gasteiger partial charge in [0.1, 0.15) is 0 Å². The van der Waals surface area contributed by atoms with Crippen LogP contribution in [-0.4, -0.2) is 30.1 Å². The minimum atomic E-state index is -0.0388. The summed E-state index contributed by atoms with van der Waals surface area (Å²) in [6.07, 6.45) is 3.37. The molecule has 5 nitrogen and oxygen atoms in total. The molecule has 0 aliphatic carbocycles. The van der Waals surface area contributed by atoms with Crippen molar-refractivity contribution in [1.82, 2.24) is 10.2 Å². The molecule has 2 atom stereocenters. The summed E-state index contributed by atoms with van der Waals surface area (Å²) in [5.74, 6) is 0. The monoisotopic (exact) mass is 375 g/mol. The third-order valence-corrected chi connectivity index (χ3v) is 5.68. The van der Waals surface area contributed by atoms with Gasteiger partial charge in [0.05, 0.1) is 24.7 Å². The molecule has 1 N–H and O–H groups in total. The molecular weight excluding hydrogens is 350 g/mol. The van der Waals surface area contributed by atoms with Gasteiger partial charge in [0.25, 0.3) is 0 Å². The van der Waals surface area contributed by atoms with Gasteiger partial charge in [-0.15, -0.1) is 0 Å². The zero-order valence-corrected chi connectivity index (χ0v) is 15.9. The van der Waals surface area contributed by atoms with E-state index >= 15 is 0 Å². The first-order valence-electron chi connectivity index (χ1n) is 9.94. The molecule has 1 fully saturated rings. The van der Waals surface area contributed by atoms with Gasteiger partial charge in [0.2, 0.25) is 0 Å². The second-order valence-electron chi connectivity index (χ2n) is 7.48. The molecule has 2 amide bonds. The van der Waals surface area contributed by atoms with E-state index in [1.54, 1.807) is 0 Å². The third kappa shape index (κ3) is 4.02. The number of fused-ring (bicyclic) bond motifs is 1. The lowest BCUT2D eigenvalue weighted by Crippen LogP contribution is -2.45. The quantitative estimate of drug-likeness (QED) is 0.885. The van der Waals surface area contributed by atoms with Crippen molar-refractivity contribution in [3.8, 4) is 6.07 Å². The van der Waals surface area contributed by atoms with Crippen LogP contribution < -0.4 is 5.32 Å². The number of urea groups is 1. The van der Waals surface area contributed by atoms with Crippen molar-refractivity contribution in [1.29, 1.82) is 5.26 Å². The van der Waals surface area contributed by atoms with Gasteiger partial charge >= 0.3 is 6.03 Å². The van der Waals surface area contributed by atoms with Crippen LogP contribution in [0.2, 0.25) is 0 Å². The molecule has 0 radical (unpaired) electrons. The Kier molecular flexibility index (Phi) is 5.59. The lowest BCUT2D eigenvalue weighted by molar-refractivity contribution is 0.0453. The number of carbonyl (C=O) groups is 1. The molecule has 0 unspecified atom stereocenters. The molecule has 4 rings (SSSR count). The van der Waals surface area contributed by atoms with E-state index in [-0.39, 0.29) is 18.2 Å². The summed E-state index contributed by atoms with van der Waals surface area (Å²) < 4.78 is 6.12. The van der Waals surface area contributed by atoms with E-state index in [1.165, 1.54) is 11.1 Å². The average Bonchev–Trinajstić information content (AvgIpc) is 3.22. The summed E-state index contributed by atoms with van der Waals surface area (Å²) in [6.45, 7) is 1.82. The van der Waals surface area contributed by atoms with Crippen LogP contribution >= 0.6 is 0 Å². The summed E-state index contributed by atoms with van der Waals surface area (Å²) in [5.41, 5.74) is 4.68. The lowest BCUT2D eigenvalue weighted by atomic mass is 9.93. The molecule has 2 aromatic rings. The van der Waals surface area contributed by atoms with Crippen molar-refractivity contribution >= 4 is 6.03 Å². The van der Waals surface area contributed by atoms with Crippen LogP contribution in [0.3, 0.4) is 0 Å². The molecule has 0 aromatic heterocycles. The Bertz CT molecular complexity index is 875. The molecule has 5 heteroatoms. The Hall–Kier alpha value is -2.84. The van der Waals surface area contributed by atoms with E-state index in [4.69, 9.17) is 10.00 Å². The van der Waals surface area contributed by atoms with Crippen molar-refractivity contribution in [2.75, 3.05) is 13.1 Å². The van der Waals surface area contributed by atoms with Gasteiger partial charge in [-0.1, -0.05) is 48.5 Å². The predicted molar refractivity (Wildman–Crippen MR) is 107 cm³/mol. The molecule has 0 bridgehead atoms. The molecule has 0 spiro atoms. The maximum Gasteiger partial charge on any atom is 0.317 e. The smallest absolute Gasteiger partial charge is 0.317 e. The van der Waals surface area contributed by atoms with Crippen molar-refractivity contribution in [3.05, 3.63) is 70.8 Å². The number of hydrogen-bond acceptors (Lipinski definition) is 3. The number of nitriles is 1. The Balaban J connectivity index is 1.30. The number of ether oxygens (including phenoxy) is 1. The fourth-order valence-electron chi connectivity index (χ4n) is 4.19. The molecule has 2 aliphatic rings. The molecule has 1 saturated heterocycles. The van der Waals surface area contributed by atoms with Crippen LogP contribution in [0, 0.1) is 11.3 Å². The van der Waals surface area contributed by atoms with Crippen LogP contribution in [0.1, 0.15) is 41.2 Å². The molecule has 28 heavy (non-hydrogen) atoms. The molecule has 0 saturated carbocycles. The van der Waals surface area contributed by atoms with Crippen LogP contribution in [0.4, 0.5) is 4.79 Å². The number of amides is 2. The van der Waals surface area contributed by atoms with Crippen LogP contribution in [0.25, 0.3) is 0 Å². The van der Waals surface area contributed by atoms with Gasteiger partial charge in [0.15, 0.2) is 0 Å². The molecule has 144 valence electrons. The van der Waals surface area contributed by atoms with Crippen molar-refractivity contribution in [3.63, 3.8) is 0 Å². The normalized spacial score (nSPS) is 21.0. The zero-order valence-electron chi connectivity index (χ0n) is 15.9. The van der Waals surface area contributed by atoms with Crippen molar-refractivity contribution < 1.29 is 9.53 Å². The van der Waals surface area contributed by atoms with Crippen molar-refractivity contribution in [2.24, 2.45) is 0 Å². The van der Waals surface area contributed by atoms with E-state index in [9.17, 15) is 4.79 Å². The Labute approximate surface area is 165 Å². The second kappa shape index (κ2) is 8.45. The highest BCUT2D eigenvalue weighted by molar-refractivity contribution is 5.74. The first-order valence-corrected chi connectivity index (χ1v) is 9.94. The number of carbonyl (C=O) groups excluding carboxylic acids is 1. The Morgan fingerprint density at radius 1 is 1.18 bits per heavy atom. The predicted octanol–water partition coefficient (Wildman–Crippen LogP) is 3.74. The van der Waals surface area contributed by atoms with E-state index in [1.807, 2.05) is 35.2 Å². The van der Waals surface area contributed by atoms with Crippen molar-refractivity contribution in [2.45, 2.75) is 44.4 Å². The van der Waals surface area contributed by atoms with E-state index in [2.05, 4.69) is 29.6 Å². The summed E-state index contributed by atoms with van der Waals surface area (Å²) in [4.78, 5) is 14.5. The lowest BCUT2D eigenvalue weighted by Gasteiger charge is -2.30.